The van der Waals surface area contributed by atoms with E-state index in [1.54, 1.807) is 0 Å². The molecule has 0 N–H and O–H groups in total. The average molecular weight is 363 g/mol. The summed E-state index contributed by atoms with van der Waals surface area (Å²) in [5.41, 5.74) is 1.48. The highest BCUT2D eigenvalue weighted by Crippen LogP contribution is 2.12. The zero-order valence-corrected chi connectivity index (χ0v) is 13.3. The Morgan fingerprint density at radius 3 is 1.88 bits per heavy atom. The summed E-state index contributed by atoms with van der Waals surface area (Å²) >= 11 is 8.00. The van der Waals surface area contributed by atoms with Crippen LogP contribution in [-0.4, -0.2) is 5.88 Å². The fourth-order valence-electron chi connectivity index (χ4n) is 1.96. The first-order valence-electron chi connectivity index (χ1n) is 6.63. The van der Waals surface area contributed by atoms with Crippen molar-refractivity contribution in [3.8, 4) is 0 Å². The van der Waals surface area contributed by atoms with Crippen molar-refractivity contribution < 1.29 is 0 Å². The lowest BCUT2D eigenvalue weighted by molar-refractivity contribution is 0.590. The van der Waals surface area contributed by atoms with Crippen LogP contribution in [0.2, 0.25) is 0 Å². The summed E-state index contributed by atoms with van der Waals surface area (Å²) in [6, 6.07) is 8.90. The third-order valence-corrected chi connectivity index (χ3v) is 4.00. The molecule has 0 bridgehead atoms. The van der Waals surface area contributed by atoms with E-state index in [1.807, 2.05) is 0 Å². The molecule has 1 rings (SSSR count). The molecule has 2 heteroatoms. The van der Waals surface area contributed by atoms with Gasteiger partial charge >= 0.3 is 0 Å². The summed E-state index contributed by atoms with van der Waals surface area (Å²) in [5.74, 6) is 0.826. The monoisotopic (exact) mass is 362 g/mol. The molecule has 0 aliphatic carbocycles. The third kappa shape index (κ3) is 8.04. The maximum absolute atomic E-state index is 5.64. The SMILES string of the molecule is ClCCCCCCCCCc1ccc([125I])cc1. The Labute approximate surface area is 124 Å². The Morgan fingerprint density at radius 1 is 0.765 bits per heavy atom. The lowest BCUT2D eigenvalue weighted by Gasteiger charge is -2.02. The molecule has 0 saturated heterocycles. The van der Waals surface area contributed by atoms with E-state index in [0.717, 1.165) is 5.88 Å². The number of unbranched alkanes of at least 4 members (excludes halogenated alkanes) is 6. The van der Waals surface area contributed by atoms with Crippen molar-refractivity contribution in [2.24, 2.45) is 0 Å². The van der Waals surface area contributed by atoms with E-state index < -0.39 is 0 Å². The standard InChI is InChI=1S/C15H22ClI/c16-13-7-5-3-1-2-4-6-8-14-9-11-15(17)12-10-14/h9-12H,1-8,13H2/i17-2. The molecular weight excluding hydrogens is 341 g/mol. The summed E-state index contributed by atoms with van der Waals surface area (Å²) in [7, 11) is 0. The van der Waals surface area contributed by atoms with Gasteiger partial charge in [-0.1, -0.05) is 44.2 Å². The quantitative estimate of drug-likeness (QED) is 0.296. The van der Waals surface area contributed by atoms with Crippen molar-refractivity contribution >= 4 is 34.2 Å². The first-order valence-corrected chi connectivity index (χ1v) is 8.24. The first kappa shape index (κ1) is 15.3. The molecule has 0 fully saturated rings. The third-order valence-electron chi connectivity index (χ3n) is 3.01. The van der Waals surface area contributed by atoms with E-state index in [1.165, 1.54) is 60.5 Å². The van der Waals surface area contributed by atoms with Crippen molar-refractivity contribution in [3.63, 3.8) is 0 Å². The number of rotatable bonds is 9. The number of hydrogen-bond acceptors (Lipinski definition) is 0. The minimum Gasteiger partial charge on any atom is -0.127 e. The first-order chi connectivity index (χ1) is 8.33. The van der Waals surface area contributed by atoms with Crippen LogP contribution in [-0.2, 0) is 6.42 Å². The Kier molecular flexibility index (Phi) is 9.17. The summed E-state index contributed by atoms with van der Waals surface area (Å²) in [6.45, 7) is 0. The fourth-order valence-corrected chi connectivity index (χ4v) is 2.51. The van der Waals surface area contributed by atoms with Crippen molar-refractivity contribution in [1.82, 2.24) is 0 Å². The maximum atomic E-state index is 5.64. The van der Waals surface area contributed by atoms with Gasteiger partial charge in [0, 0.05) is 9.45 Å². The molecule has 17 heavy (non-hydrogen) atoms. The normalized spacial score (nSPS) is 10.7. The van der Waals surface area contributed by atoms with Gasteiger partial charge in [0.1, 0.15) is 0 Å². The number of benzene rings is 1. The van der Waals surface area contributed by atoms with Crippen molar-refractivity contribution in [1.29, 1.82) is 0 Å². The van der Waals surface area contributed by atoms with Crippen LogP contribution in [0.5, 0.6) is 0 Å². The highest BCUT2D eigenvalue weighted by Gasteiger charge is 1.94. The van der Waals surface area contributed by atoms with Gasteiger partial charge in [0.15, 0.2) is 0 Å². The molecule has 96 valence electrons. The molecular formula is C15H22ClI. The molecule has 0 heterocycles. The van der Waals surface area contributed by atoms with Crippen LogP contribution < -0.4 is 0 Å². The van der Waals surface area contributed by atoms with E-state index in [4.69, 9.17) is 11.6 Å². The van der Waals surface area contributed by atoms with Crippen molar-refractivity contribution in [2.45, 2.75) is 51.4 Å². The second-order valence-corrected chi connectivity index (χ2v) is 6.16. The minimum atomic E-state index is 0.826. The Morgan fingerprint density at radius 2 is 1.29 bits per heavy atom. The topological polar surface area (TPSA) is 0 Å². The molecule has 0 amide bonds. The Hall–Kier alpha value is 0.240. The van der Waals surface area contributed by atoms with Crippen LogP contribution in [0.25, 0.3) is 0 Å². The van der Waals surface area contributed by atoms with Crippen LogP contribution in [0.1, 0.15) is 50.5 Å². The lowest BCUT2D eigenvalue weighted by Crippen LogP contribution is -1.87. The number of halogens is 2. The molecule has 0 saturated carbocycles. The van der Waals surface area contributed by atoms with Gasteiger partial charge in [0.2, 0.25) is 0 Å². The van der Waals surface area contributed by atoms with Gasteiger partial charge in [-0.05, 0) is 59.5 Å². The van der Waals surface area contributed by atoms with Crippen LogP contribution in [0.15, 0.2) is 24.3 Å². The van der Waals surface area contributed by atoms with Gasteiger partial charge in [-0.25, -0.2) is 0 Å². The largest absolute Gasteiger partial charge is 0.127 e. The molecule has 0 aliphatic rings. The van der Waals surface area contributed by atoms with Crippen molar-refractivity contribution in [2.75, 3.05) is 5.88 Å². The molecule has 0 aliphatic heterocycles. The fraction of sp³-hybridized carbons (Fsp3) is 0.600. The molecule has 1 aromatic rings. The number of alkyl halides is 1. The minimum absolute atomic E-state index is 0.826. The van der Waals surface area contributed by atoms with Crippen LogP contribution in [0.3, 0.4) is 0 Å². The zero-order valence-electron chi connectivity index (χ0n) is 10.4. The van der Waals surface area contributed by atoms with Gasteiger partial charge in [0.25, 0.3) is 0 Å². The van der Waals surface area contributed by atoms with Gasteiger partial charge < -0.3 is 0 Å². The van der Waals surface area contributed by atoms with E-state index in [9.17, 15) is 0 Å². The maximum Gasteiger partial charge on any atom is 0.0223 e. The summed E-state index contributed by atoms with van der Waals surface area (Å²) in [4.78, 5) is 0. The van der Waals surface area contributed by atoms with Crippen LogP contribution in [0, 0.1) is 3.57 Å². The highest BCUT2D eigenvalue weighted by atomic mass is 125. The average Bonchev–Trinajstić information content (AvgIpc) is 2.35. The highest BCUT2D eigenvalue weighted by molar-refractivity contribution is 14.1. The second-order valence-electron chi connectivity index (χ2n) is 4.54. The Balaban J connectivity index is 1.95. The number of aryl methyl sites for hydroxylation is 1. The van der Waals surface area contributed by atoms with Gasteiger partial charge in [-0.15, -0.1) is 11.6 Å². The summed E-state index contributed by atoms with van der Waals surface area (Å²) in [5, 5.41) is 0. The molecule has 0 nitrogen and oxygen atoms in total. The molecule has 0 unspecified atom stereocenters. The van der Waals surface area contributed by atoms with Crippen LogP contribution >= 0.6 is 34.2 Å². The summed E-state index contributed by atoms with van der Waals surface area (Å²) < 4.78 is 1.32. The molecule has 0 atom stereocenters. The predicted octanol–water partition coefficient (Wildman–Crippen LogP) is 5.80. The van der Waals surface area contributed by atoms with Gasteiger partial charge in [-0.3, -0.25) is 0 Å². The number of hydrogen-bond donors (Lipinski definition) is 0. The van der Waals surface area contributed by atoms with E-state index in [2.05, 4.69) is 46.9 Å². The zero-order chi connectivity index (χ0) is 12.3. The molecule has 0 aromatic heterocycles. The molecule has 0 spiro atoms. The van der Waals surface area contributed by atoms with Crippen molar-refractivity contribution in [3.05, 3.63) is 33.4 Å². The molecule has 0 radical (unpaired) electrons. The predicted molar refractivity (Wildman–Crippen MR) is 85.9 cm³/mol. The van der Waals surface area contributed by atoms with Gasteiger partial charge in [0.05, 0.1) is 0 Å². The Bertz CT molecular complexity index is 281. The summed E-state index contributed by atoms with van der Waals surface area (Å²) in [6.07, 6.45) is 10.5. The lowest BCUT2D eigenvalue weighted by atomic mass is 10.0. The van der Waals surface area contributed by atoms with E-state index in [0.29, 0.717) is 0 Å². The van der Waals surface area contributed by atoms with E-state index >= 15 is 0 Å². The molecule has 1 aromatic carbocycles. The second kappa shape index (κ2) is 10.2. The van der Waals surface area contributed by atoms with Gasteiger partial charge in [-0.2, -0.15) is 0 Å². The van der Waals surface area contributed by atoms with E-state index in [-0.39, 0.29) is 0 Å². The smallest absolute Gasteiger partial charge is 0.0223 e. The van der Waals surface area contributed by atoms with Crippen LogP contribution in [0.4, 0.5) is 0 Å².